The van der Waals surface area contributed by atoms with Crippen molar-refractivity contribution in [3.8, 4) is 11.8 Å². The third-order valence-corrected chi connectivity index (χ3v) is 8.83. The van der Waals surface area contributed by atoms with Gasteiger partial charge in [0.15, 0.2) is 0 Å². The zero-order valence-electron chi connectivity index (χ0n) is 16.7. The number of nitrogens with zero attached hydrogens (tertiary/aromatic N) is 2. The molecule has 0 aliphatic heterocycles. The van der Waals surface area contributed by atoms with Gasteiger partial charge in [0.1, 0.15) is 5.75 Å². The normalized spacial score (nSPS) is 15.2. The van der Waals surface area contributed by atoms with E-state index in [1.165, 1.54) is 5.56 Å². The Morgan fingerprint density at radius 2 is 1.50 bits per heavy atom. The quantitative estimate of drug-likeness (QED) is 0.748. The summed E-state index contributed by atoms with van der Waals surface area (Å²) < 4.78 is 9.90. The summed E-state index contributed by atoms with van der Waals surface area (Å²) in [6.45, 7) is 13.8. The molecule has 0 aromatic heterocycles. The van der Waals surface area contributed by atoms with Crippen molar-refractivity contribution in [1.29, 1.82) is 5.26 Å². The molecule has 128 valence electrons. The first kappa shape index (κ1) is 23.9. The molecule has 0 heterocycles. The van der Waals surface area contributed by atoms with Crippen LogP contribution in [0.2, 0.25) is 39.3 Å². The number of ether oxygens (including phenoxy) is 1. The van der Waals surface area contributed by atoms with Gasteiger partial charge in [-0.3, -0.25) is 0 Å². The Bertz CT molecular complexity index is 526. The van der Waals surface area contributed by atoms with Gasteiger partial charge in [0.05, 0.1) is 18.6 Å². The van der Waals surface area contributed by atoms with Crippen molar-refractivity contribution in [2.75, 3.05) is 7.11 Å². The predicted octanol–water partition coefficient (Wildman–Crippen LogP) is 2.58. The van der Waals surface area contributed by atoms with Crippen LogP contribution in [0.5, 0.6) is 5.75 Å². The van der Waals surface area contributed by atoms with Gasteiger partial charge < -0.3 is 9.38 Å². The molecule has 1 fully saturated rings. The molecule has 0 radical (unpaired) electrons. The average molecular weight is 371 g/mol. The number of methoxy groups -OCH3 is 1. The molecule has 0 saturated heterocycles. The van der Waals surface area contributed by atoms with Gasteiger partial charge in [0.25, 0.3) is 0 Å². The summed E-state index contributed by atoms with van der Waals surface area (Å²) >= 11 is 0. The van der Waals surface area contributed by atoms with Crippen molar-refractivity contribution in [2.24, 2.45) is 5.41 Å². The SMILES string of the molecule is COc1ccc(CC2(C#N)CC2)cc1.C[Si](C)(C)[N-][Si](C)(C)C.[Na+]. The number of rotatable bonds is 5. The summed E-state index contributed by atoms with van der Waals surface area (Å²) in [6, 6.07) is 10.4. The molecule has 0 spiro atoms. The second kappa shape index (κ2) is 9.56. The molecular formula is C18H31N2NaOSi2. The monoisotopic (exact) mass is 370 g/mol. The number of hydrogen-bond acceptors (Lipinski definition) is 2. The first-order valence-electron chi connectivity index (χ1n) is 8.27. The average Bonchev–Trinajstić information content (AvgIpc) is 3.16. The zero-order chi connectivity index (χ0) is 17.7. The van der Waals surface area contributed by atoms with E-state index in [-0.39, 0.29) is 35.0 Å². The van der Waals surface area contributed by atoms with E-state index in [9.17, 15) is 0 Å². The van der Waals surface area contributed by atoms with Crippen LogP contribution in [0.4, 0.5) is 0 Å². The van der Waals surface area contributed by atoms with Gasteiger partial charge in [-0.15, -0.1) is 0 Å². The smallest absolute Gasteiger partial charge is 0.668 e. The van der Waals surface area contributed by atoms with Crippen molar-refractivity contribution in [2.45, 2.75) is 58.5 Å². The Morgan fingerprint density at radius 1 is 1.04 bits per heavy atom. The summed E-state index contributed by atoms with van der Waals surface area (Å²) in [5.74, 6) is 0.871. The van der Waals surface area contributed by atoms with E-state index in [1.807, 2.05) is 24.3 Å². The maximum absolute atomic E-state index is 8.94. The van der Waals surface area contributed by atoms with Crippen molar-refractivity contribution in [3.05, 3.63) is 34.5 Å². The van der Waals surface area contributed by atoms with Crippen molar-refractivity contribution >= 4 is 16.5 Å². The molecule has 0 unspecified atom stereocenters. The van der Waals surface area contributed by atoms with E-state index >= 15 is 0 Å². The van der Waals surface area contributed by atoms with Crippen molar-refractivity contribution in [1.82, 2.24) is 0 Å². The molecule has 0 N–H and O–H groups in total. The van der Waals surface area contributed by atoms with Crippen LogP contribution in [0.15, 0.2) is 24.3 Å². The fraction of sp³-hybridized carbons (Fsp3) is 0.611. The molecule has 1 saturated carbocycles. The Kier molecular flexibility index (Phi) is 9.52. The Morgan fingerprint density at radius 3 is 1.75 bits per heavy atom. The summed E-state index contributed by atoms with van der Waals surface area (Å²) in [5, 5.41) is 8.94. The molecule has 6 heteroatoms. The molecule has 3 nitrogen and oxygen atoms in total. The van der Waals surface area contributed by atoms with Crippen LogP contribution < -0.4 is 34.3 Å². The molecule has 24 heavy (non-hydrogen) atoms. The Hall–Kier alpha value is -0.0962. The van der Waals surface area contributed by atoms with E-state index in [1.54, 1.807) is 7.11 Å². The standard InChI is InChI=1S/C12H13NO.C6H18NSi2.Na/c1-14-11-4-2-10(3-5-11)8-12(9-13)6-7-12;1-8(2,3)7-9(4,5)6;/h2-5H,6-8H2,1H3;1-6H3;/q;-1;+1. The summed E-state index contributed by atoms with van der Waals surface area (Å²) in [6.07, 6.45) is 2.98. The molecular weight excluding hydrogens is 339 g/mol. The van der Waals surface area contributed by atoms with Crippen LogP contribution in [0.25, 0.3) is 4.65 Å². The van der Waals surface area contributed by atoms with Gasteiger partial charge >= 0.3 is 29.6 Å². The number of nitriles is 1. The van der Waals surface area contributed by atoms with Crippen LogP contribution in [-0.4, -0.2) is 23.6 Å². The summed E-state index contributed by atoms with van der Waals surface area (Å²) in [5.41, 5.74) is 1.18. The molecule has 1 aromatic carbocycles. The van der Waals surface area contributed by atoms with E-state index in [4.69, 9.17) is 14.6 Å². The maximum atomic E-state index is 8.94. The van der Waals surface area contributed by atoms with Gasteiger partial charge in [-0.1, -0.05) is 67.9 Å². The first-order valence-corrected chi connectivity index (χ1v) is 15.2. The molecule has 2 rings (SSSR count). The second-order valence-electron chi connectivity index (χ2n) is 8.37. The minimum Gasteiger partial charge on any atom is -0.668 e. The van der Waals surface area contributed by atoms with Gasteiger partial charge in [-0.25, -0.2) is 0 Å². The van der Waals surface area contributed by atoms with Gasteiger partial charge in [-0.05, 0) is 37.0 Å². The van der Waals surface area contributed by atoms with Crippen LogP contribution >= 0.6 is 0 Å². The largest absolute Gasteiger partial charge is 1.00 e. The Balaban J connectivity index is 0.000000468. The van der Waals surface area contributed by atoms with Crippen LogP contribution in [0.1, 0.15) is 18.4 Å². The van der Waals surface area contributed by atoms with Crippen LogP contribution in [-0.2, 0) is 6.42 Å². The first-order chi connectivity index (χ1) is 10.5. The topological polar surface area (TPSA) is 47.1 Å². The van der Waals surface area contributed by atoms with E-state index in [0.29, 0.717) is 0 Å². The third kappa shape index (κ3) is 10.0. The van der Waals surface area contributed by atoms with E-state index < -0.39 is 16.5 Å². The molecule has 0 bridgehead atoms. The van der Waals surface area contributed by atoms with Gasteiger partial charge in [0, 0.05) is 0 Å². The van der Waals surface area contributed by atoms with Gasteiger partial charge in [-0.2, -0.15) is 5.26 Å². The molecule has 0 amide bonds. The summed E-state index contributed by atoms with van der Waals surface area (Å²) in [7, 11) is -0.552. The minimum absolute atomic E-state index is 0. The van der Waals surface area contributed by atoms with Crippen LogP contribution in [0, 0.1) is 16.7 Å². The maximum Gasteiger partial charge on any atom is 1.00 e. The van der Waals surface area contributed by atoms with Crippen molar-refractivity contribution in [3.63, 3.8) is 0 Å². The summed E-state index contributed by atoms with van der Waals surface area (Å²) in [4.78, 5) is 0. The fourth-order valence-electron chi connectivity index (χ4n) is 2.62. The zero-order valence-corrected chi connectivity index (χ0v) is 20.7. The van der Waals surface area contributed by atoms with E-state index in [2.05, 4.69) is 45.4 Å². The number of hydrogen-bond donors (Lipinski definition) is 0. The second-order valence-corrected chi connectivity index (χ2v) is 17.9. The molecule has 0 atom stereocenters. The van der Waals surface area contributed by atoms with E-state index in [0.717, 1.165) is 25.0 Å². The third-order valence-electron chi connectivity index (χ3n) is 3.46. The molecule has 1 aliphatic rings. The minimum atomic E-state index is -1.11. The predicted molar refractivity (Wildman–Crippen MR) is 104 cm³/mol. The van der Waals surface area contributed by atoms with Gasteiger partial charge in [0.2, 0.25) is 0 Å². The molecule has 1 aromatic rings. The molecule has 1 aliphatic carbocycles. The van der Waals surface area contributed by atoms with Crippen molar-refractivity contribution < 1.29 is 34.3 Å². The number of benzene rings is 1. The Labute approximate surface area is 172 Å². The fourth-order valence-corrected chi connectivity index (χ4v) is 10.7. The van der Waals surface area contributed by atoms with Crippen LogP contribution in [0.3, 0.4) is 0 Å².